The third-order valence-electron chi connectivity index (χ3n) is 3.31. The van der Waals surface area contributed by atoms with Crippen LogP contribution in [0.1, 0.15) is 25.5 Å². The Kier molecular flexibility index (Phi) is 3.40. The van der Waals surface area contributed by atoms with Crippen LogP contribution in [0.15, 0.2) is 29.6 Å². The molecular formula is C14H13ClN2O2S. The summed E-state index contributed by atoms with van der Waals surface area (Å²) in [6.45, 7) is 1.90. The van der Waals surface area contributed by atoms with Crippen molar-refractivity contribution >= 4 is 39.7 Å². The number of carbonyl (C=O) groups is 1. The summed E-state index contributed by atoms with van der Waals surface area (Å²) in [7, 11) is 0. The average molecular weight is 309 g/mol. The van der Waals surface area contributed by atoms with Crippen molar-refractivity contribution in [3.8, 4) is 0 Å². The number of ether oxygens (including phenoxy) is 1. The summed E-state index contributed by atoms with van der Waals surface area (Å²) >= 11 is 7.57. The number of nitrogens with zero attached hydrogens (tertiary/aromatic N) is 1. The lowest BCUT2D eigenvalue weighted by atomic mass is 10.00. The zero-order valence-corrected chi connectivity index (χ0v) is 12.4. The number of carbonyl (C=O) groups excluding carboxylic acids is 1. The predicted octanol–water partition coefficient (Wildman–Crippen LogP) is 4.09. The monoisotopic (exact) mass is 308 g/mol. The first-order valence-corrected chi connectivity index (χ1v) is 7.52. The van der Waals surface area contributed by atoms with Crippen LogP contribution in [0.2, 0.25) is 5.02 Å². The topological polar surface area (TPSA) is 51.2 Å². The Bertz CT molecular complexity index is 658. The Labute approximate surface area is 125 Å². The largest absolute Gasteiger partial charge is 0.453 e. The third kappa shape index (κ3) is 2.51. The molecule has 3 rings (SSSR count). The lowest BCUT2D eigenvalue weighted by Crippen LogP contribution is -2.21. The van der Waals surface area contributed by atoms with Crippen LogP contribution in [0.5, 0.6) is 0 Å². The first kappa shape index (κ1) is 13.4. The van der Waals surface area contributed by atoms with Crippen molar-refractivity contribution in [2.75, 3.05) is 5.32 Å². The van der Waals surface area contributed by atoms with E-state index in [1.54, 1.807) is 0 Å². The molecule has 1 atom stereocenters. The second-order valence-corrected chi connectivity index (χ2v) is 6.11. The lowest BCUT2D eigenvalue weighted by molar-refractivity contribution is -0.148. The SMILES string of the molecule is C[C@@]1(c2csc(Nc3ccccc3Cl)n2)CCC(=O)O1. The van der Waals surface area contributed by atoms with Crippen LogP contribution in [0, 0.1) is 0 Å². The van der Waals surface area contributed by atoms with E-state index < -0.39 is 5.60 Å². The van der Waals surface area contributed by atoms with Crippen LogP contribution in [0.4, 0.5) is 10.8 Å². The Hall–Kier alpha value is -1.59. The molecule has 0 saturated carbocycles. The van der Waals surface area contributed by atoms with E-state index in [1.165, 1.54) is 11.3 Å². The zero-order valence-electron chi connectivity index (χ0n) is 10.9. The molecule has 0 aliphatic carbocycles. The molecule has 0 bridgehead atoms. The maximum Gasteiger partial charge on any atom is 0.306 e. The van der Waals surface area contributed by atoms with Gasteiger partial charge in [0.2, 0.25) is 0 Å². The number of aromatic nitrogens is 1. The number of para-hydroxylation sites is 1. The second-order valence-electron chi connectivity index (χ2n) is 4.85. The van der Waals surface area contributed by atoms with E-state index in [2.05, 4.69) is 10.3 Å². The fourth-order valence-corrected chi connectivity index (χ4v) is 3.15. The molecule has 0 unspecified atom stereocenters. The molecule has 2 heterocycles. The van der Waals surface area contributed by atoms with Gasteiger partial charge in [0.15, 0.2) is 10.7 Å². The van der Waals surface area contributed by atoms with E-state index in [-0.39, 0.29) is 5.97 Å². The van der Waals surface area contributed by atoms with Crippen LogP contribution < -0.4 is 5.32 Å². The van der Waals surface area contributed by atoms with E-state index in [1.807, 2.05) is 36.6 Å². The highest BCUT2D eigenvalue weighted by atomic mass is 35.5. The van der Waals surface area contributed by atoms with Gasteiger partial charge in [-0.2, -0.15) is 0 Å². The molecule has 1 aliphatic heterocycles. The Morgan fingerprint density at radius 2 is 2.25 bits per heavy atom. The van der Waals surface area contributed by atoms with Gasteiger partial charge in [-0.1, -0.05) is 23.7 Å². The van der Waals surface area contributed by atoms with Gasteiger partial charge in [-0.05, 0) is 19.1 Å². The van der Waals surface area contributed by atoms with E-state index >= 15 is 0 Å². The fraction of sp³-hybridized carbons (Fsp3) is 0.286. The molecule has 20 heavy (non-hydrogen) atoms. The molecule has 6 heteroatoms. The molecule has 0 spiro atoms. The summed E-state index contributed by atoms with van der Waals surface area (Å²) in [4.78, 5) is 15.8. The highest BCUT2D eigenvalue weighted by Gasteiger charge is 2.39. The number of rotatable bonds is 3. The highest BCUT2D eigenvalue weighted by molar-refractivity contribution is 7.13. The molecule has 1 aromatic heterocycles. The molecule has 1 N–H and O–H groups in total. The summed E-state index contributed by atoms with van der Waals surface area (Å²) < 4.78 is 5.37. The number of cyclic esters (lactones) is 1. The Morgan fingerprint density at radius 3 is 2.95 bits per heavy atom. The van der Waals surface area contributed by atoms with Gasteiger partial charge in [0.1, 0.15) is 0 Å². The molecule has 4 nitrogen and oxygen atoms in total. The van der Waals surface area contributed by atoms with Crippen LogP contribution in [-0.2, 0) is 15.1 Å². The first-order chi connectivity index (χ1) is 9.57. The summed E-state index contributed by atoms with van der Waals surface area (Å²) in [5.41, 5.74) is 0.986. The minimum absolute atomic E-state index is 0.166. The molecular weight excluding hydrogens is 296 g/mol. The number of thiazole rings is 1. The Balaban J connectivity index is 1.81. The van der Waals surface area contributed by atoms with Crippen LogP contribution in [0.3, 0.4) is 0 Å². The fourth-order valence-electron chi connectivity index (χ4n) is 2.13. The number of hydrogen-bond donors (Lipinski definition) is 1. The number of halogens is 1. The summed E-state index contributed by atoms with van der Waals surface area (Å²) in [6.07, 6.45) is 1.11. The molecule has 104 valence electrons. The molecule has 0 amide bonds. The van der Waals surface area contributed by atoms with Gasteiger partial charge in [0.25, 0.3) is 0 Å². The quantitative estimate of drug-likeness (QED) is 0.868. The minimum Gasteiger partial charge on any atom is -0.453 e. The van der Waals surface area contributed by atoms with Crippen molar-refractivity contribution in [2.45, 2.75) is 25.4 Å². The molecule has 2 aromatic rings. The van der Waals surface area contributed by atoms with Gasteiger partial charge in [-0.15, -0.1) is 11.3 Å². The summed E-state index contributed by atoms with van der Waals surface area (Å²) in [5.74, 6) is -0.166. The van der Waals surface area contributed by atoms with E-state index in [9.17, 15) is 4.79 Å². The van der Waals surface area contributed by atoms with Crippen molar-refractivity contribution in [3.05, 3.63) is 40.4 Å². The smallest absolute Gasteiger partial charge is 0.306 e. The number of nitrogens with one attached hydrogen (secondary N) is 1. The van der Waals surface area contributed by atoms with Crippen LogP contribution >= 0.6 is 22.9 Å². The second kappa shape index (κ2) is 5.07. The number of esters is 1. The predicted molar refractivity (Wildman–Crippen MR) is 79.5 cm³/mol. The van der Waals surface area contributed by atoms with Crippen molar-refractivity contribution in [1.29, 1.82) is 0 Å². The number of hydrogen-bond acceptors (Lipinski definition) is 5. The molecule has 1 saturated heterocycles. The highest BCUT2D eigenvalue weighted by Crippen LogP contribution is 2.38. The maximum absolute atomic E-state index is 11.3. The Morgan fingerprint density at radius 1 is 1.45 bits per heavy atom. The molecule has 1 aliphatic rings. The number of anilines is 2. The van der Waals surface area contributed by atoms with Crippen LogP contribution in [0.25, 0.3) is 0 Å². The minimum atomic E-state index is -0.603. The summed E-state index contributed by atoms with van der Waals surface area (Å²) in [6, 6.07) is 7.49. The van der Waals surface area contributed by atoms with E-state index in [0.29, 0.717) is 17.9 Å². The standard InChI is InChI=1S/C14H13ClN2O2S/c1-14(7-6-12(18)19-14)11-8-20-13(17-11)16-10-5-3-2-4-9(10)15/h2-5,8H,6-7H2,1H3,(H,16,17)/t14-/m0/s1. The van der Waals surface area contributed by atoms with Crippen LogP contribution in [-0.4, -0.2) is 11.0 Å². The zero-order chi connectivity index (χ0) is 14.2. The van der Waals surface area contributed by atoms with Gasteiger partial charge in [0, 0.05) is 18.2 Å². The van der Waals surface area contributed by atoms with E-state index in [0.717, 1.165) is 16.5 Å². The van der Waals surface area contributed by atoms with Gasteiger partial charge in [0.05, 0.1) is 16.4 Å². The van der Waals surface area contributed by atoms with Gasteiger partial charge < -0.3 is 10.1 Å². The summed E-state index contributed by atoms with van der Waals surface area (Å²) in [5, 5.41) is 6.47. The number of benzene rings is 1. The third-order valence-corrected chi connectivity index (χ3v) is 4.39. The van der Waals surface area contributed by atoms with Crippen molar-refractivity contribution in [1.82, 2.24) is 4.98 Å². The average Bonchev–Trinajstić information content (AvgIpc) is 3.01. The van der Waals surface area contributed by atoms with Gasteiger partial charge >= 0.3 is 5.97 Å². The van der Waals surface area contributed by atoms with Crippen molar-refractivity contribution in [3.63, 3.8) is 0 Å². The van der Waals surface area contributed by atoms with Gasteiger partial charge in [-0.25, -0.2) is 4.98 Å². The maximum atomic E-state index is 11.3. The normalized spacial score (nSPS) is 21.8. The van der Waals surface area contributed by atoms with E-state index in [4.69, 9.17) is 16.3 Å². The molecule has 0 radical (unpaired) electrons. The van der Waals surface area contributed by atoms with Gasteiger partial charge in [-0.3, -0.25) is 4.79 Å². The lowest BCUT2D eigenvalue weighted by Gasteiger charge is -2.19. The van der Waals surface area contributed by atoms with Crippen molar-refractivity contribution in [2.24, 2.45) is 0 Å². The van der Waals surface area contributed by atoms with Crippen molar-refractivity contribution < 1.29 is 9.53 Å². The molecule has 1 aromatic carbocycles. The first-order valence-electron chi connectivity index (χ1n) is 6.26. The molecule has 1 fully saturated rings.